The average Bonchev–Trinajstić information content (AvgIpc) is 2.72. The van der Waals surface area contributed by atoms with Crippen molar-refractivity contribution >= 4 is 0 Å². The number of rotatable bonds is 6. The molecule has 30 heavy (non-hydrogen) atoms. The summed E-state index contributed by atoms with van der Waals surface area (Å²) >= 11 is 0. The molecule has 0 amide bonds. The fourth-order valence-corrected chi connectivity index (χ4v) is 4.74. The first-order valence-corrected chi connectivity index (χ1v) is 10.6. The summed E-state index contributed by atoms with van der Waals surface area (Å²) in [4.78, 5) is 0. The van der Waals surface area contributed by atoms with Gasteiger partial charge in [-0.05, 0) is 75.0 Å². The third kappa shape index (κ3) is 4.80. The molecule has 1 saturated carbocycles. The Bertz CT molecular complexity index is 780. The Morgan fingerprint density at radius 2 is 1.60 bits per heavy atom. The second-order valence-electron chi connectivity index (χ2n) is 8.61. The van der Waals surface area contributed by atoms with Crippen LogP contribution in [0.1, 0.15) is 69.4 Å². The summed E-state index contributed by atoms with van der Waals surface area (Å²) in [6, 6.07) is 1.93. The summed E-state index contributed by atoms with van der Waals surface area (Å²) in [5, 5.41) is 0. The van der Waals surface area contributed by atoms with E-state index in [4.69, 9.17) is 4.74 Å². The summed E-state index contributed by atoms with van der Waals surface area (Å²) in [7, 11) is 0. The van der Waals surface area contributed by atoms with Gasteiger partial charge in [-0.3, -0.25) is 0 Å². The summed E-state index contributed by atoms with van der Waals surface area (Å²) in [5.41, 5.74) is -1.18. The highest BCUT2D eigenvalue weighted by molar-refractivity contribution is 5.28. The predicted molar refractivity (Wildman–Crippen MR) is 102 cm³/mol. The summed E-state index contributed by atoms with van der Waals surface area (Å²) < 4.78 is 89.0. The fraction of sp³-hybridized carbons (Fsp3) is 0.652. The monoisotopic (exact) mass is 434 g/mol. The number of benzene rings is 1. The Hall–Kier alpha value is -1.66. The van der Waals surface area contributed by atoms with Gasteiger partial charge in [-0.25, -0.2) is 17.6 Å². The minimum absolute atomic E-state index is 0.0572. The van der Waals surface area contributed by atoms with Crippen LogP contribution in [0.3, 0.4) is 0 Å². The van der Waals surface area contributed by atoms with Crippen LogP contribution in [0.25, 0.3) is 0 Å². The Balaban J connectivity index is 1.58. The van der Waals surface area contributed by atoms with Gasteiger partial charge in [-0.15, -0.1) is 0 Å². The van der Waals surface area contributed by atoms with Crippen molar-refractivity contribution in [1.29, 1.82) is 0 Å². The lowest BCUT2D eigenvalue weighted by atomic mass is 9.70. The molecule has 0 bridgehead atoms. The van der Waals surface area contributed by atoms with Gasteiger partial charge in [0, 0.05) is 18.8 Å². The van der Waals surface area contributed by atoms with Gasteiger partial charge in [-0.1, -0.05) is 13.0 Å². The first kappa shape index (κ1) is 23.0. The van der Waals surface area contributed by atoms with Crippen molar-refractivity contribution < 1.29 is 31.1 Å². The molecular formula is C23H28F6O. The Kier molecular flexibility index (Phi) is 6.78. The summed E-state index contributed by atoms with van der Waals surface area (Å²) in [6.07, 6.45) is 1.30. The molecule has 1 fully saturated rings. The molecule has 0 N–H and O–H groups in total. The lowest BCUT2D eigenvalue weighted by Crippen LogP contribution is -2.33. The normalized spacial score (nSPS) is 25.7. The van der Waals surface area contributed by atoms with E-state index in [2.05, 4.69) is 0 Å². The Labute approximate surface area is 173 Å². The highest BCUT2D eigenvalue weighted by atomic mass is 19.3. The van der Waals surface area contributed by atoms with Gasteiger partial charge in [0.25, 0.3) is 5.92 Å². The number of allylic oxidation sites excluding steroid dienone is 2. The predicted octanol–water partition coefficient (Wildman–Crippen LogP) is 7.87. The molecule has 0 radical (unpaired) electrons. The van der Waals surface area contributed by atoms with Gasteiger partial charge < -0.3 is 4.74 Å². The highest BCUT2D eigenvalue weighted by Crippen LogP contribution is 2.45. The Morgan fingerprint density at radius 1 is 0.933 bits per heavy atom. The van der Waals surface area contributed by atoms with Gasteiger partial charge in [0.1, 0.15) is 5.56 Å². The fourth-order valence-electron chi connectivity index (χ4n) is 4.74. The van der Waals surface area contributed by atoms with Crippen LogP contribution in [0.15, 0.2) is 24.0 Å². The maximum atomic E-state index is 14.4. The van der Waals surface area contributed by atoms with E-state index in [9.17, 15) is 26.3 Å². The van der Waals surface area contributed by atoms with Crippen LogP contribution in [-0.2, 0) is 10.8 Å². The third-order valence-corrected chi connectivity index (χ3v) is 6.77. The molecule has 3 rings (SSSR count). The zero-order valence-electron chi connectivity index (χ0n) is 17.3. The molecule has 0 spiro atoms. The van der Waals surface area contributed by atoms with Crippen molar-refractivity contribution in [1.82, 2.24) is 0 Å². The summed E-state index contributed by atoms with van der Waals surface area (Å²) in [6.45, 7) is 2.80. The first-order chi connectivity index (χ1) is 14.0. The molecule has 0 heterocycles. The lowest BCUT2D eigenvalue weighted by Gasteiger charge is -2.37. The molecule has 1 aromatic carbocycles. The zero-order valence-corrected chi connectivity index (χ0v) is 17.3. The van der Waals surface area contributed by atoms with Crippen LogP contribution in [0.4, 0.5) is 26.3 Å². The molecule has 0 aliphatic heterocycles. The highest BCUT2D eigenvalue weighted by Gasteiger charge is 2.42. The van der Waals surface area contributed by atoms with Crippen molar-refractivity contribution in [2.24, 2.45) is 17.8 Å². The van der Waals surface area contributed by atoms with Gasteiger partial charge in [0.15, 0.2) is 11.6 Å². The number of halogens is 6. The second-order valence-corrected chi connectivity index (χ2v) is 8.61. The molecule has 0 saturated heterocycles. The smallest absolute Gasteiger partial charge is 0.429 e. The van der Waals surface area contributed by atoms with Gasteiger partial charge >= 0.3 is 6.11 Å². The van der Waals surface area contributed by atoms with E-state index in [1.807, 2.05) is 0 Å². The molecule has 1 nitrogen and oxygen atoms in total. The standard InChI is InChI=1S/C23H28F6O/c1-3-22(26,27)17-9-5-15(6-10-17)16-7-11-18(12-8-16)30-23(28,29)19-13-4-14(2)20(24)21(19)25/h4,11,13,15-17H,3,5-10,12H2,1-2H3. The molecule has 7 heteroatoms. The van der Waals surface area contributed by atoms with E-state index in [-0.39, 0.29) is 30.1 Å². The van der Waals surface area contributed by atoms with Crippen molar-refractivity contribution in [2.75, 3.05) is 0 Å². The van der Waals surface area contributed by atoms with Crippen molar-refractivity contribution in [3.8, 4) is 0 Å². The zero-order chi connectivity index (χ0) is 22.1. The second kappa shape index (κ2) is 8.83. The molecular weight excluding hydrogens is 406 g/mol. The molecule has 168 valence electrons. The number of ether oxygens (including phenoxy) is 1. The number of aryl methyl sites for hydroxylation is 1. The van der Waals surface area contributed by atoms with E-state index in [1.165, 1.54) is 13.8 Å². The van der Waals surface area contributed by atoms with Crippen LogP contribution in [-0.4, -0.2) is 5.92 Å². The SMILES string of the molecule is CCC(F)(F)C1CCC(C2CC=C(OC(F)(F)c3ccc(C)c(F)c3F)CC2)CC1. The molecule has 1 unspecified atom stereocenters. The van der Waals surface area contributed by atoms with Crippen LogP contribution in [0, 0.1) is 36.3 Å². The molecule has 0 aromatic heterocycles. The topological polar surface area (TPSA) is 9.23 Å². The number of hydrogen-bond donors (Lipinski definition) is 0. The average molecular weight is 434 g/mol. The summed E-state index contributed by atoms with van der Waals surface area (Å²) in [5.74, 6) is -5.49. The van der Waals surface area contributed by atoms with Crippen LogP contribution in [0.2, 0.25) is 0 Å². The Morgan fingerprint density at radius 3 is 2.17 bits per heavy atom. The molecule has 1 atom stereocenters. The molecule has 2 aliphatic carbocycles. The van der Waals surface area contributed by atoms with Crippen LogP contribution < -0.4 is 0 Å². The first-order valence-electron chi connectivity index (χ1n) is 10.6. The van der Waals surface area contributed by atoms with Crippen molar-refractivity contribution in [2.45, 2.75) is 77.2 Å². The van der Waals surface area contributed by atoms with Gasteiger partial charge in [0.2, 0.25) is 0 Å². The minimum Gasteiger partial charge on any atom is -0.434 e. The minimum atomic E-state index is -3.97. The maximum Gasteiger partial charge on any atom is 0.429 e. The van der Waals surface area contributed by atoms with Crippen molar-refractivity contribution in [3.05, 3.63) is 46.7 Å². The lowest BCUT2D eigenvalue weighted by molar-refractivity contribution is -0.228. The van der Waals surface area contributed by atoms with E-state index < -0.39 is 35.1 Å². The third-order valence-electron chi connectivity index (χ3n) is 6.77. The van der Waals surface area contributed by atoms with E-state index >= 15 is 0 Å². The number of alkyl halides is 4. The molecule has 2 aliphatic rings. The van der Waals surface area contributed by atoms with Gasteiger partial charge in [0.05, 0.1) is 5.76 Å². The quantitative estimate of drug-likeness (QED) is 0.414. The van der Waals surface area contributed by atoms with E-state index in [1.54, 1.807) is 6.08 Å². The number of hydrogen-bond acceptors (Lipinski definition) is 1. The molecule has 1 aromatic rings. The van der Waals surface area contributed by atoms with E-state index in [0.29, 0.717) is 31.6 Å². The van der Waals surface area contributed by atoms with Crippen LogP contribution >= 0.6 is 0 Å². The van der Waals surface area contributed by atoms with Gasteiger partial charge in [-0.2, -0.15) is 8.78 Å². The van der Waals surface area contributed by atoms with Crippen molar-refractivity contribution in [3.63, 3.8) is 0 Å². The van der Waals surface area contributed by atoms with Crippen LogP contribution in [0.5, 0.6) is 0 Å². The largest absolute Gasteiger partial charge is 0.434 e. The maximum absolute atomic E-state index is 14.4. The van der Waals surface area contributed by atoms with E-state index in [0.717, 1.165) is 25.0 Å².